The Morgan fingerprint density at radius 2 is 1.12 bits per heavy atom. The van der Waals surface area contributed by atoms with Gasteiger partial charge in [0.1, 0.15) is 33.3 Å². The molecule has 2 aliphatic rings. The van der Waals surface area contributed by atoms with Crippen molar-refractivity contribution in [3.63, 3.8) is 0 Å². The third-order valence-corrected chi connectivity index (χ3v) is 10.3. The highest BCUT2D eigenvalue weighted by Crippen LogP contribution is 2.36. The van der Waals surface area contributed by atoms with E-state index in [0.717, 1.165) is 46.6 Å². The number of hydrogen-bond acceptors (Lipinski definition) is 10. The van der Waals surface area contributed by atoms with Gasteiger partial charge in [-0.15, -0.1) is 0 Å². The van der Waals surface area contributed by atoms with E-state index in [-0.39, 0.29) is 17.7 Å². The van der Waals surface area contributed by atoms with Crippen molar-refractivity contribution in [3.05, 3.63) is 70.4 Å². The zero-order chi connectivity index (χ0) is 34.9. The Hall–Kier alpha value is -5.44. The number of hydrogen-bond donors (Lipinski definition) is 4. The molecule has 0 bridgehead atoms. The minimum absolute atomic E-state index is 0.225. The zero-order valence-electron chi connectivity index (χ0n) is 26.2. The van der Waals surface area contributed by atoms with Gasteiger partial charge in [-0.2, -0.15) is 10.5 Å². The van der Waals surface area contributed by atoms with Crippen molar-refractivity contribution in [2.45, 2.75) is 44.9 Å². The van der Waals surface area contributed by atoms with Gasteiger partial charge in [0.15, 0.2) is 10.3 Å². The topological polar surface area (TPSA) is 206 Å². The molecule has 4 atom stereocenters. The van der Waals surface area contributed by atoms with Crippen LogP contribution in [0.3, 0.4) is 0 Å². The molecule has 4 N–H and O–H groups in total. The lowest BCUT2D eigenvalue weighted by Crippen LogP contribution is -2.36. The number of carbonyl (C=O) groups excluding carboxylic acids is 2. The zero-order valence-corrected chi connectivity index (χ0v) is 27.8. The third-order valence-electron chi connectivity index (χ3n) is 8.58. The number of aliphatic carboxylic acids is 2. The fourth-order valence-corrected chi connectivity index (χ4v) is 7.65. The molecular formula is C35H32N6O6S2. The number of rotatable bonds is 8. The van der Waals surface area contributed by atoms with Crippen molar-refractivity contribution in [1.29, 1.82) is 10.5 Å². The molecule has 14 heteroatoms. The Morgan fingerprint density at radius 3 is 1.57 bits per heavy atom. The summed E-state index contributed by atoms with van der Waals surface area (Å²) in [6.45, 7) is 0. The molecule has 2 aromatic carbocycles. The van der Waals surface area contributed by atoms with Gasteiger partial charge in [0, 0.05) is 17.0 Å². The lowest BCUT2D eigenvalue weighted by Gasteiger charge is -2.26. The van der Waals surface area contributed by atoms with Gasteiger partial charge in [-0.05, 0) is 32.1 Å². The molecule has 6 rings (SSSR count). The normalized spacial score (nSPS) is 19.7. The van der Waals surface area contributed by atoms with Crippen LogP contribution in [-0.4, -0.2) is 43.9 Å². The molecule has 0 aliphatic heterocycles. The SMILES string of the molecule is N#Cc1sc(NC(=O)C2CCC(C(=O)O)C2)nc1-c1ccccc1.N#Cc1sc(NC(=O)[C@H]2CCCC[C@H]2C(=O)O)nc1-c1ccccc1. The molecule has 2 aliphatic carbocycles. The van der Waals surface area contributed by atoms with Crippen LogP contribution >= 0.6 is 22.7 Å². The first-order valence-electron chi connectivity index (χ1n) is 15.7. The number of nitriles is 2. The first-order chi connectivity index (χ1) is 23.7. The molecule has 2 aromatic heterocycles. The van der Waals surface area contributed by atoms with E-state index in [4.69, 9.17) is 5.11 Å². The van der Waals surface area contributed by atoms with Crippen molar-refractivity contribution < 1.29 is 29.4 Å². The molecular weight excluding hydrogens is 665 g/mol. The molecule has 250 valence electrons. The second kappa shape index (κ2) is 16.1. The summed E-state index contributed by atoms with van der Waals surface area (Å²) in [6, 6.07) is 22.8. The van der Waals surface area contributed by atoms with Crippen LogP contribution < -0.4 is 10.6 Å². The summed E-state index contributed by atoms with van der Waals surface area (Å²) >= 11 is 2.23. The number of aromatic nitrogens is 2. The molecule has 2 amide bonds. The lowest BCUT2D eigenvalue weighted by atomic mass is 9.79. The minimum Gasteiger partial charge on any atom is -0.481 e. The first-order valence-corrected chi connectivity index (χ1v) is 17.3. The molecule has 0 saturated heterocycles. The van der Waals surface area contributed by atoms with E-state index in [0.29, 0.717) is 63.5 Å². The number of carboxylic acid groups (broad SMARTS) is 2. The molecule has 0 radical (unpaired) electrons. The maximum absolute atomic E-state index is 12.5. The van der Waals surface area contributed by atoms with E-state index in [1.54, 1.807) is 0 Å². The number of benzene rings is 2. The summed E-state index contributed by atoms with van der Waals surface area (Å²) in [6.07, 6.45) is 4.18. The highest BCUT2D eigenvalue weighted by molar-refractivity contribution is 7.17. The van der Waals surface area contributed by atoms with Crippen molar-refractivity contribution in [3.8, 4) is 34.7 Å². The summed E-state index contributed by atoms with van der Waals surface area (Å²) in [5, 5.41) is 43.1. The van der Waals surface area contributed by atoms with Crippen molar-refractivity contribution in [2.24, 2.45) is 23.7 Å². The van der Waals surface area contributed by atoms with Gasteiger partial charge in [0.2, 0.25) is 11.8 Å². The minimum atomic E-state index is -0.929. The standard InChI is InChI=1S/C18H17N3O3S.C17H15N3O3S/c19-10-14-15(11-6-2-1-3-7-11)20-18(25-14)21-16(22)12-8-4-5-9-13(12)17(23)24;18-9-13-14(10-4-2-1-3-5-10)19-17(24-13)20-15(21)11-6-7-12(8-11)16(22)23/h1-3,6-7,12-13H,4-5,8-9H2,(H,23,24)(H,20,21,22);1-5,11-12H,6-8H2,(H,22,23)(H,19,20,21)/t12-,13+;/m0./s1. The van der Waals surface area contributed by atoms with Crippen LogP contribution in [0.25, 0.3) is 22.5 Å². The van der Waals surface area contributed by atoms with Gasteiger partial charge >= 0.3 is 11.9 Å². The molecule has 2 saturated carbocycles. The van der Waals surface area contributed by atoms with Crippen LogP contribution in [0.1, 0.15) is 54.7 Å². The third kappa shape index (κ3) is 8.54. The summed E-state index contributed by atoms with van der Waals surface area (Å²) in [4.78, 5) is 56.8. The van der Waals surface area contributed by atoms with E-state index in [1.807, 2.05) is 60.7 Å². The van der Waals surface area contributed by atoms with Gasteiger partial charge in [-0.3, -0.25) is 19.2 Å². The summed E-state index contributed by atoms with van der Waals surface area (Å²) < 4.78 is 0. The fourth-order valence-electron chi connectivity index (χ4n) is 6.07. The van der Waals surface area contributed by atoms with Crippen LogP contribution in [0, 0.1) is 46.3 Å². The molecule has 4 aromatic rings. The predicted molar refractivity (Wildman–Crippen MR) is 183 cm³/mol. The van der Waals surface area contributed by atoms with Gasteiger partial charge in [0.05, 0.1) is 17.8 Å². The Labute approximate surface area is 290 Å². The second-order valence-corrected chi connectivity index (χ2v) is 13.7. The van der Waals surface area contributed by atoms with E-state index in [9.17, 15) is 34.8 Å². The van der Waals surface area contributed by atoms with Crippen LogP contribution in [0.15, 0.2) is 60.7 Å². The van der Waals surface area contributed by atoms with E-state index in [2.05, 4.69) is 32.7 Å². The van der Waals surface area contributed by atoms with Gasteiger partial charge in [0.25, 0.3) is 0 Å². The Morgan fingerprint density at radius 1 is 0.653 bits per heavy atom. The highest BCUT2D eigenvalue weighted by Gasteiger charge is 2.36. The number of carboxylic acids is 2. The molecule has 2 fully saturated rings. The molecule has 49 heavy (non-hydrogen) atoms. The van der Waals surface area contributed by atoms with Crippen molar-refractivity contribution in [2.75, 3.05) is 10.6 Å². The maximum Gasteiger partial charge on any atom is 0.307 e. The fraction of sp³-hybridized carbons (Fsp3) is 0.314. The van der Waals surface area contributed by atoms with Crippen LogP contribution in [0.2, 0.25) is 0 Å². The molecule has 0 spiro atoms. The number of carbonyl (C=O) groups is 4. The average Bonchev–Trinajstić information content (AvgIpc) is 3.88. The number of nitrogens with zero attached hydrogens (tertiary/aromatic N) is 4. The summed E-state index contributed by atoms with van der Waals surface area (Å²) in [5.41, 5.74) is 2.70. The number of nitrogens with one attached hydrogen (secondary N) is 2. The molecule has 12 nitrogen and oxygen atoms in total. The number of anilines is 2. The average molecular weight is 697 g/mol. The van der Waals surface area contributed by atoms with Crippen molar-refractivity contribution >= 4 is 56.7 Å². The highest BCUT2D eigenvalue weighted by atomic mass is 32.1. The maximum atomic E-state index is 12.5. The van der Waals surface area contributed by atoms with E-state index >= 15 is 0 Å². The first kappa shape index (κ1) is 34.9. The number of thiazole rings is 2. The van der Waals surface area contributed by atoms with Crippen LogP contribution in [-0.2, 0) is 19.2 Å². The quantitative estimate of drug-likeness (QED) is 0.155. The van der Waals surface area contributed by atoms with Crippen LogP contribution in [0.5, 0.6) is 0 Å². The summed E-state index contributed by atoms with van der Waals surface area (Å²) in [5.74, 6) is -4.31. The summed E-state index contributed by atoms with van der Waals surface area (Å²) in [7, 11) is 0. The monoisotopic (exact) mass is 696 g/mol. The number of amides is 2. The smallest absolute Gasteiger partial charge is 0.307 e. The second-order valence-electron chi connectivity index (χ2n) is 11.7. The van der Waals surface area contributed by atoms with Gasteiger partial charge < -0.3 is 20.8 Å². The van der Waals surface area contributed by atoms with Crippen molar-refractivity contribution in [1.82, 2.24) is 9.97 Å². The molecule has 2 heterocycles. The molecule has 2 unspecified atom stereocenters. The van der Waals surface area contributed by atoms with E-state index < -0.39 is 29.7 Å². The largest absolute Gasteiger partial charge is 0.481 e. The van der Waals surface area contributed by atoms with Crippen LogP contribution in [0.4, 0.5) is 10.3 Å². The lowest BCUT2D eigenvalue weighted by molar-refractivity contribution is -0.147. The van der Waals surface area contributed by atoms with E-state index in [1.165, 1.54) is 0 Å². The predicted octanol–water partition coefficient (Wildman–Crippen LogP) is 6.63. The van der Waals surface area contributed by atoms with Gasteiger partial charge in [-0.25, -0.2) is 9.97 Å². The Bertz CT molecular complexity index is 1910. The Kier molecular flexibility index (Phi) is 11.5. The van der Waals surface area contributed by atoms with Gasteiger partial charge in [-0.1, -0.05) is 96.2 Å². The Balaban J connectivity index is 0.000000191.